The van der Waals surface area contributed by atoms with E-state index in [1.165, 1.54) is 0 Å². The maximum atomic E-state index is 11.5. The van der Waals surface area contributed by atoms with Gasteiger partial charge in [0.15, 0.2) is 0 Å². The van der Waals surface area contributed by atoms with Crippen molar-refractivity contribution < 1.29 is 4.79 Å². The van der Waals surface area contributed by atoms with Crippen LogP contribution in [0.25, 0.3) is 4.96 Å². The van der Waals surface area contributed by atoms with Crippen LogP contribution in [0.3, 0.4) is 0 Å². The van der Waals surface area contributed by atoms with Crippen LogP contribution in [-0.4, -0.2) is 45.0 Å². The second kappa shape index (κ2) is 4.98. The summed E-state index contributed by atoms with van der Waals surface area (Å²) in [5.41, 5.74) is 1.09. The van der Waals surface area contributed by atoms with Gasteiger partial charge in [0.1, 0.15) is 0 Å². The average molecular weight is 307 g/mol. The number of piperidine rings is 1. The van der Waals surface area contributed by atoms with Gasteiger partial charge >= 0.3 is 0 Å². The van der Waals surface area contributed by atoms with Gasteiger partial charge in [0.2, 0.25) is 16.0 Å². The molecule has 1 N–H and O–H groups in total. The first-order chi connectivity index (χ1) is 9.83. The van der Waals surface area contributed by atoms with Gasteiger partial charge in [-0.15, -0.1) is 5.10 Å². The molecule has 0 aliphatic carbocycles. The molecule has 0 saturated carbocycles. The Morgan fingerprint density at radius 2 is 2.19 bits per heavy atom. The van der Waals surface area contributed by atoms with Crippen molar-refractivity contribution in [2.45, 2.75) is 45.1 Å². The summed E-state index contributed by atoms with van der Waals surface area (Å²) < 4.78 is 1.84. The Morgan fingerprint density at radius 3 is 2.81 bits per heavy atom. The van der Waals surface area contributed by atoms with E-state index in [4.69, 9.17) is 0 Å². The standard InChI is InChI=1S/C14H21N5OS/c1-14(2,3)10-8-19-13(16-10)21-12(17-19)15-9-5-6-11(20)18(4)7-9/h8-9H,5-7H2,1-4H3,(H,15,17). The van der Waals surface area contributed by atoms with Gasteiger partial charge < -0.3 is 10.2 Å². The SMILES string of the molecule is CN1CC(Nc2nn3cc(C(C)(C)C)nc3s2)CCC1=O. The first kappa shape index (κ1) is 14.3. The Labute approximate surface area is 128 Å². The highest BCUT2D eigenvalue weighted by molar-refractivity contribution is 7.20. The fraction of sp³-hybridized carbons (Fsp3) is 0.643. The van der Waals surface area contributed by atoms with Gasteiger partial charge in [-0.25, -0.2) is 9.50 Å². The van der Waals surface area contributed by atoms with Crippen molar-refractivity contribution in [1.29, 1.82) is 0 Å². The van der Waals surface area contributed by atoms with E-state index in [0.717, 1.165) is 28.8 Å². The third-order valence-corrected chi connectivity index (χ3v) is 4.62. The lowest BCUT2D eigenvalue weighted by atomic mass is 9.93. The number of likely N-dealkylation sites (N-methyl/N-ethyl adjacent to an activating group) is 1. The molecule has 2 aromatic rings. The molecular formula is C14H21N5OS. The number of carbonyl (C=O) groups excluding carboxylic acids is 1. The maximum absolute atomic E-state index is 11.5. The molecular weight excluding hydrogens is 286 g/mol. The lowest BCUT2D eigenvalue weighted by Crippen LogP contribution is -2.43. The summed E-state index contributed by atoms with van der Waals surface area (Å²) in [5.74, 6) is 0.219. The summed E-state index contributed by atoms with van der Waals surface area (Å²) in [6.45, 7) is 7.17. The van der Waals surface area contributed by atoms with E-state index in [0.29, 0.717) is 6.42 Å². The van der Waals surface area contributed by atoms with Gasteiger partial charge in [-0.1, -0.05) is 32.1 Å². The van der Waals surface area contributed by atoms with Crippen LogP contribution in [0.4, 0.5) is 5.13 Å². The van der Waals surface area contributed by atoms with Crippen LogP contribution in [0, 0.1) is 0 Å². The third kappa shape index (κ3) is 2.88. The number of nitrogens with one attached hydrogen (secondary N) is 1. The zero-order valence-corrected chi connectivity index (χ0v) is 13.7. The van der Waals surface area contributed by atoms with Crippen LogP contribution in [0.15, 0.2) is 6.20 Å². The molecule has 21 heavy (non-hydrogen) atoms. The molecule has 1 unspecified atom stereocenters. The van der Waals surface area contributed by atoms with Gasteiger partial charge in [-0.3, -0.25) is 4.79 Å². The largest absolute Gasteiger partial charge is 0.356 e. The highest BCUT2D eigenvalue weighted by Gasteiger charge is 2.24. The van der Waals surface area contributed by atoms with Crippen LogP contribution in [0.2, 0.25) is 0 Å². The first-order valence-corrected chi connectivity index (χ1v) is 8.02. The van der Waals surface area contributed by atoms with E-state index in [2.05, 4.69) is 36.2 Å². The minimum atomic E-state index is 0.0352. The van der Waals surface area contributed by atoms with E-state index < -0.39 is 0 Å². The number of rotatable bonds is 2. The molecule has 3 rings (SSSR count). The number of aromatic nitrogens is 3. The lowest BCUT2D eigenvalue weighted by molar-refractivity contribution is -0.132. The number of amides is 1. The van der Waals surface area contributed by atoms with Crippen molar-refractivity contribution in [3.8, 4) is 0 Å². The molecule has 1 amide bonds. The number of carbonyl (C=O) groups is 1. The highest BCUT2D eigenvalue weighted by Crippen LogP contribution is 2.26. The molecule has 2 aromatic heterocycles. The van der Waals surface area contributed by atoms with Crippen molar-refractivity contribution in [3.63, 3.8) is 0 Å². The molecule has 1 aliphatic heterocycles. The average Bonchev–Trinajstić information content (AvgIpc) is 2.91. The first-order valence-electron chi connectivity index (χ1n) is 7.20. The maximum Gasteiger partial charge on any atom is 0.222 e. The fourth-order valence-corrected chi connectivity index (χ4v) is 3.28. The summed E-state index contributed by atoms with van der Waals surface area (Å²) in [6, 6.07) is 0.269. The summed E-state index contributed by atoms with van der Waals surface area (Å²) in [5, 5.41) is 8.83. The Kier molecular flexibility index (Phi) is 3.39. The van der Waals surface area contributed by atoms with E-state index in [1.807, 2.05) is 17.8 Å². The lowest BCUT2D eigenvalue weighted by Gasteiger charge is -2.29. The monoisotopic (exact) mass is 307 g/mol. The summed E-state index contributed by atoms with van der Waals surface area (Å²) in [4.78, 5) is 18.8. The molecule has 0 aromatic carbocycles. The van der Waals surface area contributed by atoms with Crippen molar-refractivity contribution in [2.75, 3.05) is 18.9 Å². The molecule has 0 spiro atoms. The van der Waals surface area contributed by atoms with Gasteiger partial charge in [0.05, 0.1) is 11.9 Å². The third-order valence-electron chi connectivity index (χ3n) is 3.77. The Hall–Kier alpha value is -1.63. The van der Waals surface area contributed by atoms with E-state index in [9.17, 15) is 4.79 Å². The number of likely N-dealkylation sites (tertiary alicyclic amines) is 1. The van der Waals surface area contributed by atoms with E-state index >= 15 is 0 Å². The van der Waals surface area contributed by atoms with Crippen LogP contribution in [-0.2, 0) is 10.2 Å². The fourth-order valence-electron chi connectivity index (χ4n) is 2.42. The van der Waals surface area contributed by atoms with E-state index in [-0.39, 0.29) is 17.4 Å². The molecule has 114 valence electrons. The second-order valence-electron chi connectivity index (χ2n) is 6.66. The molecule has 1 aliphatic rings. The Balaban J connectivity index is 1.73. The van der Waals surface area contributed by atoms with Gasteiger partial charge in [-0.05, 0) is 6.42 Å². The molecule has 0 radical (unpaired) electrons. The van der Waals surface area contributed by atoms with Gasteiger partial charge in [0, 0.05) is 31.5 Å². The van der Waals surface area contributed by atoms with Crippen molar-refractivity contribution in [3.05, 3.63) is 11.9 Å². The van der Waals surface area contributed by atoms with Crippen LogP contribution < -0.4 is 5.32 Å². The molecule has 7 heteroatoms. The summed E-state index contributed by atoms with van der Waals surface area (Å²) >= 11 is 1.56. The highest BCUT2D eigenvalue weighted by atomic mass is 32.1. The quantitative estimate of drug-likeness (QED) is 0.923. The molecule has 0 bridgehead atoms. The number of imidazole rings is 1. The predicted molar refractivity (Wildman–Crippen MR) is 83.8 cm³/mol. The van der Waals surface area contributed by atoms with Crippen molar-refractivity contribution in [2.24, 2.45) is 0 Å². The Morgan fingerprint density at radius 1 is 1.43 bits per heavy atom. The van der Waals surface area contributed by atoms with Crippen molar-refractivity contribution >= 4 is 27.3 Å². The van der Waals surface area contributed by atoms with Crippen LogP contribution in [0.5, 0.6) is 0 Å². The van der Waals surface area contributed by atoms with E-state index in [1.54, 1.807) is 16.2 Å². The van der Waals surface area contributed by atoms with Crippen molar-refractivity contribution in [1.82, 2.24) is 19.5 Å². The van der Waals surface area contributed by atoms with Crippen LogP contribution >= 0.6 is 11.3 Å². The normalized spacial score (nSPS) is 20.3. The zero-order chi connectivity index (χ0) is 15.2. The molecule has 3 heterocycles. The molecule has 1 saturated heterocycles. The van der Waals surface area contributed by atoms with Gasteiger partial charge in [0.25, 0.3) is 0 Å². The minimum Gasteiger partial charge on any atom is -0.356 e. The zero-order valence-electron chi connectivity index (χ0n) is 12.9. The molecule has 1 fully saturated rings. The van der Waals surface area contributed by atoms with Gasteiger partial charge in [-0.2, -0.15) is 0 Å². The summed E-state index contributed by atoms with van der Waals surface area (Å²) in [6.07, 6.45) is 3.46. The number of hydrogen-bond donors (Lipinski definition) is 1. The summed E-state index contributed by atoms with van der Waals surface area (Å²) in [7, 11) is 1.85. The predicted octanol–water partition coefficient (Wildman–Crippen LogP) is 2.12. The molecule has 1 atom stereocenters. The number of fused-ring (bicyclic) bond motifs is 1. The number of hydrogen-bond acceptors (Lipinski definition) is 5. The smallest absolute Gasteiger partial charge is 0.222 e. The second-order valence-corrected chi connectivity index (χ2v) is 7.62. The van der Waals surface area contributed by atoms with Crippen LogP contribution in [0.1, 0.15) is 39.3 Å². The topological polar surface area (TPSA) is 62.5 Å². The minimum absolute atomic E-state index is 0.0352. The number of nitrogens with zero attached hydrogens (tertiary/aromatic N) is 4. The number of anilines is 1. The Bertz CT molecular complexity index is 637. The molecule has 6 nitrogen and oxygen atoms in total.